The van der Waals surface area contributed by atoms with E-state index >= 15 is 0 Å². The van der Waals surface area contributed by atoms with Gasteiger partial charge >= 0.3 is 0 Å². The SMILES string of the molecule is Cc1ccc2c(c1)N(c1ccc(C(C)(C)C)cc1)c1cccc3c1B2c1cc2c(cc1O3)C(C)(C)CCC2(C)C. The highest BCUT2D eigenvalue weighted by Crippen LogP contribution is 2.48. The molecule has 202 valence electrons. The fraction of sp³-hybridized carbons (Fsp3) is 0.351. The van der Waals surface area contributed by atoms with Gasteiger partial charge in [0.05, 0.1) is 0 Å². The third kappa shape index (κ3) is 3.70. The van der Waals surface area contributed by atoms with Gasteiger partial charge in [0, 0.05) is 17.1 Å². The molecule has 3 heteroatoms. The average molecular weight is 526 g/mol. The number of anilines is 3. The first-order chi connectivity index (χ1) is 18.8. The lowest BCUT2D eigenvalue weighted by Gasteiger charge is -2.44. The van der Waals surface area contributed by atoms with Crippen molar-refractivity contribution < 1.29 is 4.74 Å². The van der Waals surface area contributed by atoms with Crippen molar-refractivity contribution in [2.45, 2.75) is 84.5 Å². The summed E-state index contributed by atoms with van der Waals surface area (Å²) in [5.74, 6) is 2.00. The predicted molar refractivity (Wildman–Crippen MR) is 171 cm³/mol. The summed E-state index contributed by atoms with van der Waals surface area (Å²) in [5.41, 5.74) is 13.6. The molecule has 0 saturated carbocycles. The van der Waals surface area contributed by atoms with Crippen LogP contribution in [0.5, 0.6) is 11.5 Å². The fourth-order valence-corrected chi connectivity index (χ4v) is 7.24. The molecule has 0 fully saturated rings. The van der Waals surface area contributed by atoms with Gasteiger partial charge in [-0.15, -0.1) is 0 Å². The molecule has 0 bridgehead atoms. The van der Waals surface area contributed by atoms with Crippen molar-refractivity contribution in [1.29, 1.82) is 0 Å². The number of nitrogens with zero attached hydrogens (tertiary/aromatic N) is 1. The Morgan fingerprint density at radius 3 is 2.08 bits per heavy atom. The fourth-order valence-electron chi connectivity index (χ4n) is 7.24. The predicted octanol–water partition coefficient (Wildman–Crippen LogP) is 8.05. The molecule has 7 rings (SSSR count). The summed E-state index contributed by atoms with van der Waals surface area (Å²) in [4.78, 5) is 2.45. The molecular formula is C37H40BNO. The summed E-state index contributed by atoms with van der Waals surface area (Å²) in [7, 11) is 0. The third-order valence-corrected chi connectivity index (χ3v) is 9.82. The molecular weight excluding hydrogens is 485 g/mol. The summed E-state index contributed by atoms with van der Waals surface area (Å²) < 4.78 is 6.81. The monoisotopic (exact) mass is 525 g/mol. The normalized spacial score (nSPS) is 17.8. The Morgan fingerprint density at radius 1 is 0.725 bits per heavy atom. The van der Waals surface area contributed by atoms with Crippen LogP contribution < -0.4 is 26.0 Å². The minimum Gasteiger partial charge on any atom is -0.458 e. The van der Waals surface area contributed by atoms with E-state index in [2.05, 4.69) is 133 Å². The molecule has 40 heavy (non-hydrogen) atoms. The van der Waals surface area contributed by atoms with Crippen LogP contribution in [0.2, 0.25) is 0 Å². The van der Waals surface area contributed by atoms with E-state index in [-0.39, 0.29) is 23.0 Å². The Hall–Kier alpha value is -3.46. The quantitative estimate of drug-likeness (QED) is 0.202. The molecule has 0 spiro atoms. The molecule has 0 amide bonds. The Bertz CT molecular complexity index is 1670. The van der Waals surface area contributed by atoms with E-state index in [0.29, 0.717) is 0 Å². The molecule has 2 nitrogen and oxygen atoms in total. The maximum absolute atomic E-state index is 6.81. The van der Waals surface area contributed by atoms with Crippen molar-refractivity contribution in [2.75, 3.05) is 4.90 Å². The van der Waals surface area contributed by atoms with Gasteiger partial charge in [0.1, 0.15) is 11.5 Å². The van der Waals surface area contributed by atoms with Gasteiger partial charge in [0.15, 0.2) is 0 Å². The first-order valence-corrected chi connectivity index (χ1v) is 14.9. The van der Waals surface area contributed by atoms with E-state index in [9.17, 15) is 0 Å². The van der Waals surface area contributed by atoms with Crippen LogP contribution in [0.3, 0.4) is 0 Å². The van der Waals surface area contributed by atoms with Gasteiger partial charge in [0.25, 0.3) is 6.71 Å². The van der Waals surface area contributed by atoms with E-state index in [1.165, 1.54) is 68.5 Å². The Kier molecular flexibility index (Phi) is 5.28. The number of benzene rings is 4. The van der Waals surface area contributed by atoms with Crippen molar-refractivity contribution in [2.24, 2.45) is 0 Å². The third-order valence-electron chi connectivity index (χ3n) is 9.82. The highest BCUT2D eigenvalue weighted by molar-refractivity contribution is 6.99. The summed E-state index contributed by atoms with van der Waals surface area (Å²) in [6.07, 6.45) is 2.40. The van der Waals surface area contributed by atoms with Crippen LogP contribution in [0.25, 0.3) is 0 Å². The minimum atomic E-state index is 0.116. The van der Waals surface area contributed by atoms with E-state index in [1.54, 1.807) is 0 Å². The van der Waals surface area contributed by atoms with Crippen molar-refractivity contribution >= 4 is 40.2 Å². The van der Waals surface area contributed by atoms with Gasteiger partial charge in [-0.25, -0.2) is 0 Å². The lowest BCUT2D eigenvalue weighted by molar-refractivity contribution is 0.330. The van der Waals surface area contributed by atoms with Gasteiger partial charge in [-0.2, -0.15) is 0 Å². The average Bonchev–Trinajstić information content (AvgIpc) is 2.90. The molecule has 2 aliphatic heterocycles. The maximum atomic E-state index is 6.81. The molecule has 3 aliphatic rings. The van der Waals surface area contributed by atoms with Crippen LogP contribution in [0, 0.1) is 6.92 Å². The molecule has 0 saturated heterocycles. The maximum Gasteiger partial charge on any atom is 0.256 e. The van der Waals surface area contributed by atoms with Crippen molar-refractivity contribution in [3.8, 4) is 11.5 Å². The van der Waals surface area contributed by atoms with Crippen molar-refractivity contribution in [3.05, 3.63) is 95.1 Å². The van der Waals surface area contributed by atoms with Gasteiger partial charge in [0.2, 0.25) is 0 Å². The topological polar surface area (TPSA) is 12.5 Å². The van der Waals surface area contributed by atoms with Gasteiger partial charge in [-0.3, -0.25) is 0 Å². The largest absolute Gasteiger partial charge is 0.458 e. The van der Waals surface area contributed by atoms with Gasteiger partial charge in [-0.05, 0) is 111 Å². The molecule has 4 aromatic rings. The molecule has 1 aliphatic carbocycles. The number of aryl methyl sites for hydroxylation is 1. The Balaban J connectivity index is 1.47. The zero-order chi connectivity index (χ0) is 28.2. The second-order valence-electron chi connectivity index (χ2n) is 14.6. The molecule has 0 N–H and O–H groups in total. The van der Waals surface area contributed by atoms with Crippen LogP contribution in [-0.2, 0) is 16.2 Å². The van der Waals surface area contributed by atoms with Crippen LogP contribution in [0.15, 0.2) is 72.8 Å². The van der Waals surface area contributed by atoms with E-state index in [0.717, 1.165) is 11.5 Å². The zero-order valence-corrected chi connectivity index (χ0v) is 25.3. The standard InChI is InChI=1S/C37H40BNO/c1-23-12-17-28-31(20-23)39(25-15-13-24(14-16-25)35(2,3)4)30-10-9-11-32-34(30)38(28)29-21-26-27(22-33(29)40-32)37(7,8)19-18-36(26,5)6/h9-17,20-22H,18-19H2,1-8H3. The minimum absolute atomic E-state index is 0.116. The lowest BCUT2D eigenvalue weighted by atomic mass is 9.33. The highest BCUT2D eigenvalue weighted by Gasteiger charge is 2.45. The summed E-state index contributed by atoms with van der Waals surface area (Å²) in [6.45, 7) is 18.8. The van der Waals surface area contributed by atoms with E-state index < -0.39 is 0 Å². The molecule has 2 heterocycles. The van der Waals surface area contributed by atoms with Crippen LogP contribution in [0.1, 0.15) is 83.6 Å². The summed E-state index contributed by atoms with van der Waals surface area (Å²) in [6, 6.07) is 27.6. The number of hydrogen-bond acceptors (Lipinski definition) is 2. The van der Waals surface area contributed by atoms with E-state index in [4.69, 9.17) is 4.74 Å². The zero-order valence-electron chi connectivity index (χ0n) is 25.3. The van der Waals surface area contributed by atoms with Gasteiger partial charge in [-0.1, -0.05) is 84.9 Å². The first kappa shape index (κ1) is 25.5. The number of fused-ring (bicyclic) bond motifs is 5. The highest BCUT2D eigenvalue weighted by atomic mass is 16.5. The summed E-state index contributed by atoms with van der Waals surface area (Å²) >= 11 is 0. The number of ether oxygens (including phenoxy) is 1. The van der Waals surface area contributed by atoms with Crippen molar-refractivity contribution in [3.63, 3.8) is 0 Å². The summed E-state index contributed by atoms with van der Waals surface area (Å²) in [5, 5.41) is 0. The smallest absolute Gasteiger partial charge is 0.256 e. The van der Waals surface area contributed by atoms with Crippen molar-refractivity contribution in [1.82, 2.24) is 0 Å². The van der Waals surface area contributed by atoms with Crippen LogP contribution >= 0.6 is 0 Å². The van der Waals surface area contributed by atoms with E-state index in [1.807, 2.05) is 0 Å². The van der Waals surface area contributed by atoms with Crippen LogP contribution in [0.4, 0.5) is 17.1 Å². The number of hydrogen-bond donors (Lipinski definition) is 0. The Labute approximate surface area is 240 Å². The molecule has 4 aromatic carbocycles. The molecule has 0 radical (unpaired) electrons. The second kappa shape index (κ2) is 8.29. The first-order valence-electron chi connectivity index (χ1n) is 14.9. The number of rotatable bonds is 1. The Morgan fingerprint density at radius 2 is 1.40 bits per heavy atom. The lowest BCUT2D eigenvalue weighted by Crippen LogP contribution is -2.60. The molecule has 0 atom stereocenters. The van der Waals surface area contributed by atoms with Gasteiger partial charge < -0.3 is 9.64 Å². The van der Waals surface area contributed by atoms with Crippen LogP contribution in [-0.4, -0.2) is 6.71 Å². The molecule has 0 aromatic heterocycles. The molecule has 0 unspecified atom stereocenters. The second-order valence-corrected chi connectivity index (χ2v) is 14.6.